The maximum atomic E-state index is 13.8. The Morgan fingerprint density at radius 3 is 2.54 bits per heavy atom. The van der Waals surface area contributed by atoms with E-state index in [-0.39, 0.29) is 11.7 Å². The fourth-order valence-corrected chi connectivity index (χ4v) is 4.43. The Morgan fingerprint density at radius 1 is 1.00 bits per heavy atom. The quantitative estimate of drug-likeness (QED) is 0.372. The fourth-order valence-electron chi connectivity index (χ4n) is 4.43. The van der Waals surface area contributed by atoms with Crippen LogP contribution in [0.5, 0.6) is 0 Å². The van der Waals surface area contributed by atoms with Gasteiger partial charge in [-0.25, -0.2) is 18.7 Å². The highest BCUT2D eigenvalue weighted by molar-refractivity contribution is 6.05. The predicted octanol–water partition coefficient (Wildman–Crippen LogP) is 4.59. The van der Waals surface area contributed by atoms with Crippen LogP contribution in [0.3, 0.4) is 0 Å². The van der Waals surface area contributed by atoms with Crippen molar-refractivity contribution in [1.82, 2.24) is 29.5 Å². The summed E-state index contributed by atoms with van der Waals surface area (Å²) in [5.74, 6) is 0.232. The Balaban J connectivity index is 1.54. The van der Waals surface area contributed by atoms with Gasteiger partial charge in [-0.2, -0.15) is 15.2 Å². The number of fused-ring (bicyclic) bond motifs is 1. The van der Waals surface area contributed by atoms with Gasteiger partial charge in [0.1, 0.15) is 24.0 Å². The molecule has 0 saturated heterocycles. The molecule has 0 fully saturated rings. The molecule has 182 valence electrons. The van der Waals surface area contributed by atoms with E-state index in [2.05, 4.69) is 25.7 Å². The number of nitrogens with one attached hydrogen (secondary N) is 2. The first kappa shape index (κ1) is 22.4. The SMILES string of the molecule is CC1=C(C(=O)Nc2ccccn2)C(c2cn(-c3ccccc3)nc2-c2ccc(F)cc2)n2ncnc2N1. The van der Waals surface area contributed by atoms with Crippen LogP contribution in [-0.4, -0.2) is 35.4 Å². The van der Waals surface area contributed by atoms with Crippen molar-refractivity contribution in [3.05, 3.63) is 114 Å². The summed E-state index contributed by atoms with van der Waals surface area (Å²) < 4.78 is 17.2. The normalized spacial score (nSPS) is 14.7. The summed E-state index contributed by atoms with van der Waals surface area (Å²) in [6.45, 7) is 1.82. The number of benzene rings is 2. The Kier molecular flexibility index (Phi) is 5.53. The maximum Gasteiger partial charge on any atom is 0.257 e. The standard InChI is InChI=1S/C27H21FN8O/c1-17-23(26(37)33-22-9-5-6-14-29-22)25(36-27(32-17)30-16-31-36)21-15-35(20-7-3-2-4-8-20)34-24(21)18-10-12-19(28)13-11-18/h2-16,25H,1H3,(H,29,33,37)(H,30,31,32). The van der Waals surface area contributed by atoms with Crippen molar-refractivity contribution < 1.29 is 9.18 Å². The highest BCUT2D eigenvalue weighted by Gasteiger charge is 2.36. The topological polar surface area (TPSA) is 103 Å². The summed E-state index contributed by atoms with van der Waals surface area (Å²) in [7, 11) is 0. The summed E-state index contributed by atoms with van der Waals surface area (Å²) in [5, 5.41) is 15.4. The van der Waals surface area contributed by atoms with Crippen molar-refractivity contribution in [2.24, 2.45) is 0 Å². The van der Waals surface area contributed by atoms with Crippen molar-refractivity contribution in [2.45, 2.75) is 13.0 Å². The minimum Gasteiger partial charge on any atom is -0.328 e. The molecule has 1 amide bonds. The van der Waals surface area contributed by atoms with Crippen molar-refractivity contribution in [1.29, 1.82) is 0 Å². The number of anilines is 2. The molecule has 4 heterocycles. The van der Waals surface area contributed by atoms with Crippen molar-refractivity contribution in [2.75, 3.05) is 10.6 Å². The number of rotatable bonds is 5. The number of hydrogen-bond acceptors (Lipinski definition) is 6. The van der Waals surface area contributed by atoms with E-state index in [1.807, 2.05) is 43.5 Å². The lowest BCUT2D eigenvalue weighted by molar-refractivity contribution is -0.113. The molecule has 1 unspecified atom stereocenters. The summed E-state index contributed by atoms with van der Waals surface area (Å²) in [5.41, 5.74) is 3.89. The third-order valence-electron chi connectivity index (χ3n) is 6.12. The highest BCUT2D eigenvalue weighted by Crippen LogP contribution is 2.39. The van der Waals surface area contributed by atoms with E-state index in [1.54, 1.807) is 45.9 Å². The number of halogens is 1. The van der Waals surface area contributed by atoms with Crippen LogP contribution in [-0.2, 0) is 4.79 Å². The zero-order chi connectivity index (χ0) is 25.4. The highest BCUT2D eigenvalue weighted by atomic mass is 19.1. The monoisotopic (exact) mass is 492 g/mol. The zero-order valence-electron chi connectivity index (χ0n) is 19.7. The molecule has 3 aromatic heterocycles. The predicted molar refractivity (Wildman–Crippen MR) is 136 cm³/mol. The molecule has 2 aromatic carbocycles. The van der Waals surface area contributed by atoms with E-state index in [1.165, 1.54) is 18.5 Å². The number of carbonyl (C=O) groups excluding carboxylic acids is 1. The number of nitrogens with zero attached hydrogens (tertiary/aromatic N) is 6. The number of amides is 1. The van der Waals surface area contributed by atoms with Crippen LogP contribution in [0.1, 0.15) is 18.5 Å². The molecular formula is C27H21FN8O. The molecule has 0 saturated carbocycles. The molecule has 0 spiro atoms. The molecule has 10 heteroatoms. The lowest BCUT2D eigenvalue weighted by Crippen LogP contribution is -2.31. The molecule has 0 radical (unpaired) electrons. The molecular weight excluding hydrogens is 471 g/mol. The van der Waals surface area contributed by atoms with Crippen LogP contribution in [0.25, 0.3) is 16.9 Å². The molecule has 0 aliphatic carbocycles. The van der Waals surface area contributed by atoms with Gasteiger partial charge >= 0.3 is 0 Å². The molecule has 2 N–H and O–H groups in total. The van der Waals surface area contributed by atoms with Gasteiger partial charge < -0.3 is 10.6 Å². The number of carbonyl (C=O) groups is 1. The number of hydrogen-bond donors (Lipinski definition) is 2. The van der Waals surface area contributed by atoms with Crippen LogP contribution >= 0.6 is 0 Å². The first-order chi connectivity index (χ1) is 18.1. The number of aromatic nitrogens is 6. The molecule has 9 nitrogen and oxygen atoms in total. The summed E-state index contributed by atoms with van der Waals surface area (Å²) >= 11 is 0. The van der Waals surface area contributed by atoms with E-state index in [0.717, 1.165) is 5.69 Å². The second-order valence-electron chi connectivity index (χ2n) is 8.48. The van der Waals surface area contributed by atoms with Gasteiger partial charge in [-0.15, -0.1) is 0 Å². The van der Waals surface area contributed by atoms with Crippen molar-refractivity contribution in [3.8, 4) is 16.9 Å². The van der Waals surface area contributed by atoms with Crippen LogP contribution in [0.2, 0.25) is 0 Å². The number of para-hydroxylation sites is 1. The summed E-state index contributed by atoms with van der Waals surface area (Å²) in [6.07, 6.45) is 4.91. The van der Waals surface area contributed by atoms with Crippen LogP contribution in [0.15, 0.2) is 103 Å². The third kappa shape index (κ3) is 4.14. The second-order valence-corrected chi connectivity index (χ2v) is 8.48. The van der Waals surface area contributed by atoms with Gasteiger partial charge in [0.2, 0.25) is 5.95 Å². The lowest BCUT2D eigenvalue weighted by atomic mass is 9.93. The summed E-state index contributed by atoms with van der Waals surface area (Å²) in [6, 6.07) is 20.4. The molecule has 5 aromatic rings. The smallest absolute Gasteiger partial charge is 0.257 e. The Labute approximate surface area is 211 Å². The van der Waals surface area contributed by atoms with Gasteiger partial charge in [-0.1, -0.05) is 24.3 Å². The maximum absolute atomic E-state index is 13.8. The number of pyridine rings is 1. The van der Waals surface area contributed by atoms with E-state index < -0.39 is 6.04 Å². The van der Waals surface area contributed by atoms with Crippen LogP contribution < -0.4 is 10.6 Å². The van der Waals surface area contributed by atoms with E-state index in [4.69, 9.17) is 5.10 Å². The molecule has 1 aliphatic rings. The molecule has 0 bridgehead atoms. The molecule has 1 aliphatic heterocycles. The van der Waals surface area contributed by atoms with Gasteiger partial charge in [0.05, 0.1) is 17.0 Å². The summed E-state index contributed by atoms with van der Waals surface area (Å²) in [4.78, 5) is 22.2. The average Bonchev–Trinajstić information content (AvgIpc) is 3.57. The van der Waals surface area contributed by atoms with Crippen molar-refractivity contribution in [3.63, 3.8) is 0 Å². The first-order valence-corrected chi connectivity index (χ1v) is 11.6. The van der Waals surface area contributed by atoms with Gasteiger partial charge in [0.15, 0.2) is 0 Å². The van der Waals surface area contributed by atoms with E-state index in [9.17, 15) is 9.18 Å². The zero-order valence-corrected chi connectivity index (χ0v) is 19.7. The largest absolute Gasteiger partial charge is 0.328 e. The average molecular weight is 493 g/mol. The minimum absolute atomic E-state index is 0.340. The molecule has 37 heavy (non-hydrogen) atoms. The van der Waals surface area contributed by atoms with Gasteiger partial charge in [-0.05, 0) is 55.5 Å². The van der Waals surface area contributed by atoms with Crippen LogP contribution in [0, 0.1) is 5.82 Å². The van der Waals surface area contributed by atoms with E-state index >= 15 is 0 Å². The van der Waals surface area contributed by atoms with E-state index in [0.29, 0.717) is 39.9 Å². The molecule has 1 atom stereocenters. The third-order valence-corrected chi connectivity index (χ3v) is 6.12. The Bertz CT molecular complexity index is 1610. The fraction of sp³-hybridized carbons (Fsp3) is 0.0741. The van der Waals surface area contributed by atoms with Gasteiger partial charge in [-0.3, -0.25) is 4.79 Å². The second kappa shape index (κ2) is 9.15. The number of allylic oxidation sites excluding steroid dienone is 1. The minimum atomic E-state index is -0.667. The van der Waals surface area contributed by atoms with Gasteiger partial charge in [0, 0.05) is 29.2 Å². The van der Waals surface area contributed by atoms with Crippen LogP contribution in [0.4, 0.5) is 16.2 Å². The molecule has 6 rings (SSSR count). The Morgan fingerprint density at radius 2 is 1.78 bits per heavy atom. The van der Waals surface area contributed by atoms with Crippen molar-refractivity contribution >= 4 is 17.7 Å². The Hall–Kier alpha value is -5.12. The first-order valence-electron chi connectivity index (χ1n) is 11.6. The van der Waals surface area contributed by atoms with Gasteiger partial charge in [0.25, 0.3) is 5.91 Å². The lowest BCUT2D eigenvalue weighted by Gasteiger charge is -2.28.